The van der Waals surface area contributed by atoms with E-state index < -0.39 is 16.4 Å². The molecule has 0 aromatic carbocycles. The van der Waals surface area contributed by atoms with Crippen LogP contribution in [0.15, 0.2) is 0 Å². The molecule has 0 heterocycles. The molecule has 0 atom stereocenters. The highest BCUT2D eigenvalue weighted by molar-refractivity contribution is 6.84. The fraction of sp³-hybridized carbons (Fsp3) is 0.824. The van der Waals surface area contributed by atoms with Crippen molar-refractivity contribution in [2.75, 3.05) is 6.61 Å². The van der Waals surface area contributed by atoms with E-state index in [2.05, 4.69) is 72.6 Å². The van der Waals surface area contributed by atoms with Gasteiger partial charge in [-0.3, -0.25) is 4.79 Å². The van der Waals surface area contributed by atoms with Crippen LogP contribution >= 0.6 is 0 Å². The van der Waals surface area contributed by atoms with Gasteiger partial charge in [-0.15, -0.1) is 5.54 Å². The fourth-order valence-corrected chi connectivity index (χ4v) is 9.11. The van der Waals surface area contributed by atoms with Crippen molar-refractivity contribution in [3.63, 3.8) is 0 Å². The molecular weight excluding hydrogens is 292 g/mol. The van der Waals surface area contributed by atoms with Crippen molar-refractivity contribution < 1.29 is 9.22 Å². The van der Waals surface area contributed by atoms with E-state index in [0.717, 1.165) is 0 Å². The Kier molecular flexibility index (Phi) is 8.16. The van der Waals surface area contributed by atoms with Crippen LogP contribution < -0.4 is 0 Å². The quantitative estimate of drug-likeness (QED) is 0.485. The highest BCUT2D eigenvalue weighted by atomic mass is 28.4. The van der Waals surface area contributed by atoms with Gasteiger partial charge in [-0.25, -0.2) is 0 Å². The Morgan fingerprint density at radius 2 is 1.38 bits per heavy atom. The summed E-state index contributed by atoms with van der Waals surface area (Å²) in [4.78, 5) is 11.9. The first-order valence-corrected chi connectivity index (χ1v) is 13.8. The second kappa shape index (κ2) is 8.31. The van der Waals surface area contributed by atoms with Crippen LogP contribution in [-0.2, 0) is 9.22 Å². The number of carbonyl (C=O) groups is 1. The molecule has 0 aliphatic heterocycles. The molecule has 0 spiro atoms. The molecule has 0 rings (SSSR count). The van der Waals surface area contributed by atoms with Gasteiger partial charge in [0, 0.05) is 13.0 Å². The molecule has 0 aliphatic rings. The number of ketones is 1. The van der Waals surface area contributed by atoms with Gasteiger partial charge in [-0.2, -0.15) is 0 Å². The van der Waals surface area contributed by atoms with Gasteiger partial charge in [0.2, 0.25) is 5.78 Å². The third kappa shape index (κ3) is 6.50. The molecule has 0 fully saturated rings. The van der Waals surface area contributed by atoms with Crippen LogP contribution in [0, 0.1) is 11.5 Å². The topological polar surface area (TPSA) is 26.3 Å². The minimum atomic E-state index is -1.85. The van der Waals surface area contributed by atoms with Gasteiger partial charge in [0.15, 0.2) is 8.32 Å². The lowest BCUT2D eigenvalue weighted by Crippen LogP contribution is -2.48. The maximum atomic E-state index is 11.9. The van der Waals surface area contributed by atoms with Crippen LogP contribution in [0.4, 0.5) is 0 Å². The van der Waals surface area contributed by atoms with Crippen molar-refractivity contribution >= 4 is 22.2 Å². The molecule has 0 unspecified atom stereocenters. The van der Waals surface area contributed by atoms with Gasteiger partial charge < -0.3 is 4.43 Å². The summed E-state index contributed by atoms with van der Waals surface area (Å²) in [6.07, 6.45) is 0.429. The Morgan fingerprint density at radius 1 is 0.952 bits per heavy atom. The van der Waals surface area contributed by atoms with Crippen LogP contribution in [0.25, 0.3) is 0 Å². The van der Waals surface area contributed by atoms with Crippen LogP contribution in [0.5, 0.6) is 0 Å². The zero-order valence-electron chi connectivity index (χ0n) is 15.5. The molecule has 0 bridgehead atoms. The summed E-state index contributed by atoms with van der Waals surface area (Å²) >= 11 is 0. The Labute approximate surface area is 134 Å². The highest BCUT2D eigenvalue weighted by Crippen LogP contribution is 2.42. The molecule has 0 radical (unpaired) electrons. The van der Waals surface area contributed by atoms with Crippen LogP contribution in [0.3, 0.4) is 0 Å². The molecule has 0 aromatic heterocycles. The zero-order chi connectivity index (χ0) is 16.8. The van der Waals surface area contributed by atoms with Gasteiger partial charge in [-0.1, -0.05) is 61.2 Å². The highest BCUT2D eigenvalue weighted by Gasteiger charge is 2.44. The van der Waals surface area contributed by atoms with E-state index >= 15 is 0 Å². The van der Waals surface area contributed by atoms with E-state index in [-0.39, 0.29) is 5.78 Å². The summed E-state index contributed by atoms with van der Waals surface area (Å²) in [7, 11) is -3.31. The lowest BCUT2D eigenvalue weighted by atomic mass is 10.3. The van der Waals surface area contributed by atoms with E-state index in [0.29, 0.717) is 29.7 Å². The average Bonchev–Trinajstić information content (AvgIpc) is 2.29. The third-order valence-corrected chi connectivity index (χ3v) is 11.0. The predicted octanol–water partition coefficient (Wildman–Crippen LogP) is 5.02. The molecule has 0 amide bonds. The Balaban J connectivity index is 4.73. The second-order valence-electron chi connectivity index (χ2n) is 7.84. The number of hydrogen-bond donors (Lipinski definition) is 0. The van der Waals surface area contributed by atoms with Crippen molar-refractivity contribution in [1.82, 2.24) is 0 Å². The summed E-state index contributed by atoms with van der Waals surface area (Å²) in [5.74, 6) is 2.83. The standard InChI is InChI=1S/C17H34O2Si2/c1-14(2)21(15(3)4,16(5)6)19-12-10-17(18)11-13-20(7,8)9/h14-16H,10,12H2,1-9H3. The molecule has 0 saturated heterocycles. The molecule has 0 N–H and O–H groups in total. The molecule has 21 heavy (non-hydrogen) atoms. The van der Waals surface area contributed by atoms with Gasteiger partial charge in [0.05, 0.1) is 0 Å². The first kappa shape index (κ1) is 20.6. The normalized spacial score (nSPS) is 12.8. The summed E-state index contributed by atoms with van der Waals surface area (Å²) in [6, 6.07) is 0. The summed E-state index contributed by atoms with van der Waals surface area (Å²) in [6.45, 7) is 20.6. The van der Waals surface area contributed by atoms with Gasteiger partial charge >= 0.3 is 0 Å². The smallest absolute Gasteiger partial charge is 0.207 e. The third-order valence-electron chi connectivity index (χ3n) is 3.97. The van der Waals surface area contributed by atoms with Crippen LogP contribution in [0.1, 0.15) is 48.0 Å². The van der Waals surface area contributed by atoms with Crippen molar-refractivity contribution in [2.24, 2.45) is 0 Å². The van der Waals surface area contributed by atoms with E-state index in [4.69, 9.17) is 4.43 Å². The summed E-state index contributed by atoms with van der Waals surface area (Å²) in [5.41, 5.74) is 4.80. The van der Waals surface area contributed by atoms with Gasteiger partial charge in [-0.05, 0) is 22.5 Å². The number of rotatable bonds is 7. The number of hydrogen-bond acceptors (Lipinski definition) is 2. The maximum Gasteiger partial charge on any atom is 0.207 e. The summed E-state index contributed by atoms with van der Waals surface area (Å²) in [5, 5.41) is 0. The van der Waals surface area contributed by atoms with Crippen molar-refractivity contribution in [2.45, 2.75) is 84.2 Å². The van der Waals surface area contributed by atoms with E-state index in [1.54, 1.807) is 0 Å². The lowest BCUT2D eigenvalue weighted by Gasteiger charge is -2.42. The molecule has 0 aliphatic carbocycles. The SMILES string of the molecule is CC(C)[Si](OCCC(=O)C#C[Si](C)(C)C)(C(C)C)C(C)C. The maximum absolute atomic E-state index is 11.9. The fourth-order valence-electron chi connectivity index (χ4n) is 3.14. The minimum absolute atomic E-state index is 0.0246. The number of Topliss-reactive ketones (excluding diaryl/α,β-unsaturated/α-hetero) is 1. The molecular formula is C17H34O2Si2. The first-order valence-electron chi connectivity index (χ1n) is 8.13. The average molecular weight is 327 g/mol. The van der Waals surface area contributed by atoms with Crippen LogP contribution in [0.2, 0.25) is 36.3 Å². The van der Waals surface area contributed by atoms with E-state index in [1.165, 1.54) is 0 Å². The largest absolute Gasteiger partial charge is 0.416 e. The molecule has 122 valence electrons. The van der Waals surface area contributed by atoms with E-state index in [1.807, 2.05) is 0 Å². The minimum Gasteiger partial charge on any atom is -0.416 e. The molecule has 0 saturated carbocycles. The Bertz CT molecular complexity index is 373. The molecule has 4 heteroatoms. The number of carbonyl (C=O) groups excluding carboxylic acids is 1. The molecule has 0 aromatic rings. The first-order chi connectivity index (χ1) is 9.43. The zero-order valence-corrected chi connectivity index (χ0v) is 17.5. The predicted molar refractivity (Wildman–Crippen MR) is 97.7 cm³/mol. The van der Waals surface area contributed by atoms with E-state index in [9.17, 15) is 4.79 Å². The van der Waals surface area contributed by atoms with Crippen molar-refractivity contribution in [3.8, 4) is 11.5 Å². The summed E-state index contributed by atoms with van der Waals surface area (Å²) < 4.78 is 6.38. The van der Waals surface area contributed by atoms with Crippen molar-refractivity contribution in [3.05, 3.63) is 0 Å². The lowest BCUT2D eigenvalue weighted by molar-refractivity contribution is -0.114. The Hall–Kier alpha value is -0.376. The van der Waals surface area contributed by atoms with Crippen LogP contribution in [-0.4, -0.2) is 28.8 Å². The second-order valence-corrected chi connectivity index (χ2v) is 18.0. The van der Waals surface area contributed by atoms with Crippen molar-refractivity contribution in [1.29, 1.82) is 0 Å². The Morgan fingerprint density at radius 3 is 1.71 bits per heavy atom. The monoisotopic (exact) mass is 326 g/mol. The molecule has 2 nitrogen and oxygen atoms in total. The van der Waals surface area contributed by atoms with Gasteiger partial charge in [0.25, 0.3) is 0 Å². The van der Waals surface area contributed by atoms with Gasteiger partial charge in [0.1, 0.15) is 8.07 Å².